The zero-order valence-corrected chi connectivity index (χ0v) is 9.31. The number of anilines is 1. The molecule has 0 aromatic carbocycles. The lowest BCUT2D eigenvalue weighted by atomic mass is 10.3. The number of hydrogen-bond donors (Lipinski definition) is 1. The van der Waals surface area contributed by atoms with Gasteiger partial charge in [-0.05, 0) is 41.1 Å². The highest BCUT2D eigenvalue weighted by molar-refractivity contribution is 14.1. The number of halogens is 1. The Morgan fingerprint density at radius 1 is 1.54 bits per heavy atom. The van der Waals surface area contributed by atoms with Gasteiger partial charge in [0.25, 0.3) is 0 Å². The van der Waals surface area contributed by atoms with Crippen LogP contribution in [0.15, 0.2) is 18.3 Å². The van der Waals surface area contributed by atoms with Gasteiger partial charge in [0.05, 0.1) is 6.10 Å². The molecule has 0 unspecified atom stereocenters. The summed E-state index contributed by atoms with van der Waals surface area (Å²) in [7, 11) is 0. The Morgan fingerprint density at radius 2 is 2.38 bits per heavy atom. The first-order chi connectivity index (χ1) is 6.25. The Morgan fingerprint density at radius 3 is 2.92 bits per heavy atom. The lowest BCUT2D eigenvalue weighted by Gasteiger charge is -2.15. The molecular formula is C9H11IN2O. The quantitative estimate of drug-likeness (QED) is 0.791. The number of pyridine rings is 1. The Hall–Kier alpha value is -0.360. The SMILES string of the molecule is O[C@@H]1CCN(c2ccc(I)cn2)C1. The van der Waals surface area contributed by atoms with Gasteiger partial charge in [-0.1, -0.05) is 0 Å². The van der Waals surface area contributed by atoms with Crippen LogP contribution in [-0.2, 0) is 0 Å². The smallest absolute Gasteiger partial charge is 0.128 e. The Kier molecular flexibility index (Phi) is 2.69. The molecule has 2 rings (SSSR count). The molecule has 0 bridgehead atoms. The van der Waals surface area contributed by atoms with Gasteiger partial charge >= 0.3 is 0 Å². The highest BCUT2D eigenvalue weighted by Gasteiger charge is 2.20. The standard InChI is InChI=1S/C9H11IN2O/c10-7-1-2-9(11-5-7)12-4-3-8(13)6-12/h1-2,5,8,13H,3-4,6H2/t8-/m1/s1. The Balaban J connectivity index is 2.13. The van der Waals surface area contributed by atoms with Crippen molar-refractivity contribution in [1.82, 2.24) is 4.98 Å². The third-order valence-corrected chi connectivity index (χ3v) is 2.84. The maximum Gasteiger partial charge on any atom is 0.128 e. The van der Waals surface area contributed by atoms with E-state index in [1.54, 1.807) is 0 Å². The molecule has 1 aromatic heterocycles. The van der Waals surface area contributed by atoms with E-state index in [2.05, 4.69) is 32.5 Å². The molecule has 3 nitrogen and oxygen atoms in total. The molecule has 1 saturated heterocycles. The summed E-state index contributed by atoms with van der Waals surface area (Å²) in [5.74, 6) is 0.969. The van der Waals surface area contributed by atoms with Crippen LogP contribution >= 0.6 is 22.6 Å². The van der Waals surface area contributed by atoms with E-state index in [4.69, 9.17) is 0 Å². The molecule has 0 saturated carbocycles. The fourth-order valence-corrected chi connectivity index (χ4v) is 1.82. The summed E-state index contributed by atoms with van der Waals surface area (Å²) in [4.78, 5) is 6.41. The molecule has 70 valence electrons. The minimum Gasteiger partial charge on any atom is -0.391 e. The molecule has 13 heavy (non-hydrogen) atoms. The van der Waals surface area contributed by atoms with Crippen molar-refractivity contribution < 1.29 is 5.11 Å². The van der Waals surface area contributed by atoms with Crippen LogP contribution in [-0.4, -0.2) is 29.3 Å². The molecule has 1 aliphatic heterocycles. The van der Waals surface area contributed by atoms with Gasteiger partial charge in [-0.15, -0.1) is 0 Å². The highest BCUT2D eigenvalue weighted by atomic mass is 127. The summed E-state index contributed by atoms with van der Waals surface area (Å²) in [6.45, 7) is 1.63. The number of nitrogens with zero attached hydrogens (tertiary/aromatic N) is 2. The summed E-state index contributed by atoms with van der Waals surface area (Å²) in [6, 6.07) is 4.04. The Labute approximate surface area is 90.9 Å². The largest absolute Gasteiger partial charge is 0.391 e. The third kappa shape index (κ3) is 2.11. The number of β-amino-alcohol motifs (C(OH)–C–C–N with tert-alkyl or cyclic N) is 1. The van der Waals surface area contributed by atoms with Gasteiger partial charge in [-0.2, -0.15) is 0 Å². The molecule has 1 N–H and O–H groups in total. The average Bonchev–Trinajstić information content (AvgIpc) is 2.53. The van der Waals surface area contributed by atoms with Crippen LogP contribution in [0.2, 0.25) is 0 Å². The zero-order chi connectivity index (χ0) is 9.26. The molecule has 0 radical (unpaired) electrons. The fourth-order valence-electron chi connectivity index (χ4n) is 1.50. The first-order valence-electron chi connectivity index (χ1n) is 4.30. The summed E-state index contributed by atoms with van der Waals surface area (Å²) in [5.41, 5.74) is 0. The lowest BCUT2D eigenvalue weighted by molar-refractivity contribution is 0.198. The maximum absolute atomic E-state index is 9.34. The molecule has 1 aliphatic rings. The van der Waals surface area contributed by atoms with Crippen molar-refractivity contribution in [1.29, 1.82) is 0 Å². The predicted molar refractivity (Wildman–Crippen MR) is 59.8 cm³/mol. The zero-order valence-electron chi connectivity index (χ0n) is 7.15. The average molecular weight is 290 g/mol. The van der Waals surface area contributed by atoms with Crippen LogP contribution in [0.3, 0.4) is 0 Å². The van der Waals surface area contributed by atoms with Gasteiger partial charge in [-0.3, -0.25) is 0 Å². The monoisotopic (exact) mass is 290 g/mol. The van der Waals surface area contributed by atoms with E-state index in [0.717, 1.165) is 22.4 Å². The van der Waals surface area contributed by atoms with Crippen molar-refractivity contribution in [3.63, 3.8) is 0 Å². The van der Waals surface area contributed by atoms with E-state index in [9.17, 15) is 5.11 Å². The fraction of sp³-hybridized carbons (Fsp3) is 0.444. The topological polar surface area (TPSA) is 36.4 Å². The van der Waals surface area contributed by atoms with Gasteiger partial charge in [-0.25, -0.2) is 4.98 Å². The van der Waals surface area contributed by atoms with Gasteiger partial charge in [0, 0.05) is 22.9 Å². The summed E-state index contributed by atoms with van der Waals surface area (Å²) < 4.78 is 1.14. The normalized spacial score (nSPS) is 22.3. The van der Waals surface area contributed by atoms with E-state index in [-0.39, 0.29) is 6.10 Å². The summed E-state index contributed by atoms with van der Waals surface area (Å²) in [6.07, 6.45) is 2.52. The molecule has 0 aliphatic carbocycles. The van der Waals surface area contributed by atoms with Crippen molar-refractivity contribution in [3.8, 4) is 0 Å². The van der Waals surface area contributed by atoms with Crippen molar-refractivity contribution >= 4 is 28.4 Å². The predicted octanol–water partition coefficient (Wildman–Crippen LogP) is 1.26. The molecular weight excluding hydrogens is 279 g/mol. The second kappa shape index (κ2) is 3.79. The second-order valence-electron chi connectivity index (χ2n) is 3.22. The van der Waals surface area contributed by atoms with E-state index < -0.39 is 0 Å². The first-order valence-corrected chi connectivity index (χ1v) is 5.38. The first kappa shape index (κ1) is 9.21. The lowest BCUT2D eigenvalue weighted by Crippen LogP contribution is -2.21. The van der Waals surface area contributed by atoms with E-state index >= 15 is 0 Å². The van der Waals surface area contributed by atoms with Crippen LogP contribution in [0.25, 0.3) is 0 Å². The minimum absolute atomic E-state index is 0.180. The molecule has 2 heterocycles. The van der Waals surface area contributed by atoms with Crippen LogP contribution in [0.4, 0.5) is 5.82 Å². The number of aliphatic hydroxyl groups is 1. The van der Waals surface area contributed by atoms with Crippen LogP contribution < -0.4 is 4.90 Å². The van der Waals surface area contributed by atoms with E-state index in [1.807, 2.05) is 18.3 Å². The van der Waals surface area contributed by atoms with Crippen molar-refractivity contribution in [2.24, 2.45) is 0 Å². The number of aliphatic hydroxyl groups excluding tert-OH is 1. The molecule has 1 aromatic rings. The van der Waals surface area contributed by atoms with E-state index in [0.29, 0.717) is 6.54 Å². The summed E-state index contributed by atoms with van der Waals surface area (Å²) >= 11 is 2.23. The summed E-state index contributed by atoms with van der Waals surface area (Å²) in [5, 5.41) is 9.34. The van der Waals surface area contributed by atoms with Crippen molar-refractivity contribution in [3.05, 3.63) is 21.9 Å². The van der Waals surface area contributed by atoms with Gasteiger partial charge in [0.2, 0.25) is 0 Å². The minimum atomic E-state index is -0.180. The molecule has 1 atom stereocenters. The highest BCUT2D eigenvalue weighted by Crippen LogP contribution is 2.18. The molecule has 4 heteroatoms. The van der Waals surface area contributed by atoms with Crippen LogP contribution in [0, 0.1) is 3.57 Å². The number of aromatic nitrogens is 1. The third-order valence-electron chi connectivity index (χ3n) is 2.20. The van der Waals surface area contributed by atoms with Crippen molar-refractivity contribution in [2.75, 3.05) is 18.0 Å². The van der Waals surface area contributed by atoms with Crippen molar-refractivity contribution in [2.45, 2.75) is 12.5 Å². The van der Waals surface area contributed by atoms with Crippen LogP contribution in [0.1, 0.15) is 6.42 Å². The molecule has 0 spiro atoms. The van der Waals surface area contributed by atoms with Crippen LogP contribution in [0.5, 0.6) is 0 Å². The maximum atomic E-state index is 9.34. The van der Waals surface area contributed by atoms with Gasteiger partial charge in [0.1, 0.15) is 5.82 Å². The molecule has 0 amide bonds. The van der Waals surface area contributed by atoms with Gasteiger partial charge in [0.15, 0.2) is 0 Å². The second-order valence-corrected chi connectivity index (χ2v) is 4.47. The molecule has 1 fully saturated rings. The number of hydrogen-bond acceptors (Lipinski definition) is 3. The van der Waals surface area contributed by atoms with E-state index in [1.165, 1.54) is 0 Å². The number of rotatable bonds is 1. The Bertz CT molecular complexity index is 288. The van der Waals surface area contributed by atoms with Gasteiger partial charge < -0.3 is 10.0 Å².